The molecule has 0 fully saturated rings. The van der Waals surface area contributed by atoms with E-state index in [-0.39, 0.29) is 0 Å². The van der Waals surface area contributed by atoms with E-state index >= 15 is 0 Å². The number of alkyl halides is 1. The molecule has 2 atom stereocenters. The van der Waals surface area contributed by atoms with Gasteiger partial charge >= 0.3 is 0 Å². The maximum atomic E-state index is 10.9. The molecule has 2 unspecified atom stereocenters. The fourth-order valence-corrected chi connectivity index (χ4v) is 2.82. The molecule has 0 bridgehead atoms. The fraction of sp³-hybridized carbons (Fsp3) is 0.545. The van der Waals surface area contributed by atoms with Crippen LogP contribution in [0.25, 0.3) is 0 Å². The maximum absolute atomic E-state index is 10.9. The molecule has 1 N–H and O–H groups in total. The molecule has 1 aliphatic rings. The number of aliphatic hydroxyl groups is 1. The first-order chi connectivity index (χ1) is 8.35. The van der Waals surface area contributed by atoms with Crippen LogP contribution < -0.4 is 0 Å². The average Bonchev–Trinajstić information content (AvgIpc) is 2.32. The molecular formula is C11H14BrIO5. The Kier molecular flexibility index (Phi) is 5.51. The zero-order chi connectivity index (χ0) is 14.0. The number of halogens is 2. The van der Waals surface area contributed by atoms with Crippen molar-refractivity contribution >= 4 is 44.8 Å². The standard InChI is InChI=1S/C11H14BrIO5/c1-7(12)18-11(15)9(13)4-8(6-14)5-10(11,16-2)17-3/h4-7,15H,1-3H3. The molecule has 18 heavy (non-hydrogen) atoms. The minimum Gasteiger partial charge on any atom is -0.357 e. The second kappa shape index (κ2) is 6.10. The van der Waals surface area contributed by atoms with Crippen LogP contribution in [0.1, 0.15) is 6.92 Å². The molecule has 0 aromatic rings. The number of rotatable bonds is 5. The summed E-state index contributed by atoms with van der Waals surface area (Å²) in [4.78, 5) is 10.9. The smallest absolute Gasteiger partial charge is 0.259 e. The lowest BCUT2D eigenvalue weighted by Crippen LogP contribution is -2.59. The zero-order valence-corrected chi connectivity index (χ0v) is 13.9. The van der Waals surface area contributed by atoms with Gasteiger partial charge in [-0.1, -0.05) is 15.9 Å². The Hall–Kier alpha value is 0.200. The van der Waals surface area contributed by atoms with Gasteiger partial charge in [0.25, 0.3) is 5.79 Å². The second-order valence-corrected chi connectivity index (χ2v) is 6.09. The van der Waals surface area contributed by atoms with E-state index < -0.39 is 16.6 Å². The molecule has 0 saturated heterocycles. The van der Waals surface area contributed by atoms with E-state index in [4.69, 9.17) is 14.2 Å². The molecule has 0 saturated carbocycles. The Bertz CT molecular complexity index is 389. The van der Waals surface area contributed by atoms with Crippen molar-refractivity contribution < 1.29 is 24.1 Å². The van der Waals surface area contributed by atoms with Crippen LogP contribution in [0, 0.1) is 0 Å². The first kappa shape index (κ1) is 16.3. The monoisotopic (exact) mass is 432 g/mol. The van der Waals surface area contributed by atoms with Crippen molar-refractivity contribution in [2.75, 3.05) is 14.2 Å². The third kappa shape index (κ3) is 2.70. The number of carbonyl (C=O) groups excluding carboxylic acids is 1. The molecule has 7 heteroatoms. The molecule has 0 aliphatic heterocycles. The summed E-state index contributed by atoms with van der Waals surface area (Å²) < 4.78 is 16.4. The van der Waals surface area contributed by atoms with E-state index in [1.54, 1.807) is 6.92 Å². The van der Waals surface area contributed by atoms with Gasteiger partial charge in [0.15, 0.2) is 0 Å². The molecule has 0 radical (unpaired) electrons. The van der Waals surface area contributed by atoms with Gasteiger partial charge in [0.2, 0.25) is 5.79 Å². The highest BCUT2D eigenvalue weighted by Crippen LogP contribution is 2.44. The van der Waals surface area contributed by atoms with Crippen molar-refractivity contribution in [3.05, 3.63) is 21.3 Å². The molecular weight excluding hydrogens is 419 g/mol. The fourth-order valence-electron chi connectivity index (χ4n) is 1.69. The van der Waals surface area contributed by atoms with Crippen molar-refractivity contribution in [1.82, 2.24) is 0 Å². The predicted octanol–water partition coefficient (Wildman–Crippen LogP) is 1.88. The summed E-state index contributed by atoms with van der Waals surface area (Å²) in [5.74, 6) is -3.40. The topological polar surface area (TPSA) is 65.0 Å². The van der Waals surface area contributed by atoms with Gasteiger partial charge in [-0.15, -0.1) is 0 Å². The first-order valence-electron chi connectivity index (χ1n) is 5.05. The van der Waals surface area contributed by atoms with E-state index in [0.29, 0.717) is 15.4 Å². The van der Waals surface area contributed by atoms with Gasteiger partial charge in [0.05, 0.1) is 3.58 Å². The van der Waals surface area contributed by atoms with E-state index in [9.17, 15) is 9.90 Å². The number of hydrogen-bond acceptors (Lipinski definition) is 5. The number of carbonyl (C=O) groups is 1. The number of ether oxygens (including phenoxy) is 3. The largest absolute Gasteiger partial charge is 0.357 e. The average molecular weight is 433 g/mol. The van der Waals surface area contributed by atoms with E-state index in [1.807, 2.05) is 22.6 Å². The molecule has 0 aromatic carbocycles. The zero-order valence-electron chi connectivity index (χ0n) is 10.1. The van der Waals surface area contributed by atoms with Crippen LogP contribution in [0.4, 0.5) is 0 Å². The summed E-state index contributed by atoms with van der Waals surface area (Å²) in [6.07, 6.45) is 3.55. The van der Waals surface area contributed by atoms with Crippen LogP contribution in [0.5, 0.6) is 0 Å². The number of hydrogen-bond donors (Lipinski definition) is 1. The molecule has 0 heterocycles. The van der Waals surface area contributed by atoms with Crippen LogP contribution in [-0.4, -0.2) is 42.2 Å². The number of allylic oxidation sites excluding steroid dienone is 2. The Morgan fingerprint density at radius 3 is 2.44 bits per heavy atom. The Balaban J connectivity index is 3.34. The van der Waals surface area contributed by atoms with Crippen LogP contribution in [0.2, 0.25) is 0 Å². The van der Waals surface area contributed by atoms with Gasteiger partial charge in [-0.2, -0.15) is 0 Å². The van der Waals surface area contributed by atoms with Crippen molar-refractivity contribution in [3.8, 4) is 0 Å². The Morgan fingerprint density at radius 1 is 1.50 bits per heavy atom. The van der Waals surface area contributed by atoms with Crippen molar-refractivity contribution in [2.45, 2.75) is 23.5 Å². The van der Waals surface area contributed by atoms with Crippen molar-refractivity contribution in [1.29, 1.82) is 0 Å². The summed E-state index contributed by atoms with van der Waals surface area (Å²) in [7, 11) is 2.73. The lowest BCUT2D eigenvalue weighted by Gasteiger charge is -2.44. The molecule has 0 spiro atoms. The lowest BCUT2D eigenvalue weighted by molar-refractivity contribution is -0.346. The highest BCUT2D eigenvalue weighted by Gasteiger charge is 2.57. The molecule has 1 aliphatic carbocycles. The van der Waals surface area contributed by atoms with E-state index in [0.717, 1.165) is 0 Å². The molecule has 0 amide bonds. The van der Waals surface area contributed by atoms with Crippen molar-refractivity contribution in [3.63, 3.8) is 0 Å². The third-order valence-corrected chi connectivity index (χ3v) is 3.75. The van der Waals surface area contributed by atoms with E-state index in [1.165, 1.54) is 26.4 Å². The molecule has 0 aromatic heterocycles. The number of methoxy groups -OCH3 is 2. The summed E-state index contributed by atoms with van der Waals surface area (Å²) in [6.45, 7) is 1.71. The summed E-state index contributed by atoms with van der Waals surface area (Å²) in [5, 5.41) is 10.3. The van der Waals surface area contributed by atoms with Crippen LogP contribution in [-0.2, 0) is 19.0 Å². The lowest BCUT2D eigenvalue weighted by atomic mass is 9.95. The van der Waals surface area contributed by atoms with E-state index in [2.05, 4.69) is 15.9 Å². The quantitative estimate of drug-likeness (QED) is 0.311. The summed E-state index contributed by atoms with van der Waals surface area (Å²) in [6, 6.07) is 0. The van der Waals surface area contributed by atoms with Gasteiger partial charge in [-0.3, -0.25) is 4.79 Å². The highest BCUT2D eigenvalue weighted by atomic mass is 127. The van der Waals surface area contributed by atoms with Crippen molar-refractivity contribution in [2.24, 2.45) is 0 Å². The minimum absolute atomic E-state index is 0.346. The maximum Gasteiger partial charge on any atom is 0.259 e. The van der Waals surface area contributed by atoms with Gasteiger partial charge in [-0.05, 0) is 41.7 Å². The molecule has 5 nitrogen and oxygen atoms in total. The van der Waals surface area contributed by atoms with Crippen LogP contribution >= 0.6 is 38.5 Å². The van der Waals surface area contributed by atoms with Crippen LogP contribution in [0.15, 0.2) is 21.3 Å². The third-order valence-electron chi connectivity index (χ3n) is 2.52. The van der Waals surface area contributed by atoms with Gasteiger partial charge < -0.3 is 19.3 Å². The normalized spacial score (nSPS) is 28.3. The SMILES string of the molecule is COC1(OC)C=C(C=O)C=C(I)C1(O)OC(C)Br. The first-order valence-corrected chi connectivity index (χ1v) is 7.05. The molecule has 1 rings (SSSR count). The van der Waals surface area contributed by atoms with Gasteiger partial charge in [0, 0.05) is 19.8 Å². The molecule has 102 valence electrons. The summed E-state index contributed by atoms with van der Waals surface area (Å²) >= 11 is 5.09. The van der Waals surface area contributed by atoms with Gasteiger partial charge in [0.1, 0.15) is 11.3 Å². The number of aldehydes is 1. The highest BCUT2D eigenvalue weighted by molar-refractivity contribution is 14.1. The Morgan fingerprint density at radius 2 is 2.06 bits per heavy atom. The predicted molar refractivity (Wildman–Crippen MR) is 77.4 cm³/mol. The Labute approximate surface area is 127 Å². The minimum atomic E-state index is -1.83. The summed E-state index contributed by atoms with van der Waals surface area (Å²) in [5.41, 5.74) is 0.346. The second-order valence-electron chi connectivity index (χ2n) is 3.64. The van der Waals surface area contributed by atoms with Gasteiger partial charge in [-0.25, -0.2) is 0 Å². The van der Waals surface area contributed by atoms with Crippen LogP contribution in [0.3, 0.4) is 0 Å².